The lowest BCUT2D eigenvalue weighted by atomic mass is 9.95. The van der Waals surface area contributed by atoms with Gasteiger partial charge >= 0.3 is 6.03 Å². The van der Waals surface area contributed by atoms with Crippen molar-refractivity contribution in [2.45, 2.75) is 32.4 Å². The minimum absolute atomic E-state index is 0.0116. The van der Waals surface area contributed by atoms with Crippen LogP contribution in [0.4, 0.5) is 4.79 Å². The number of amides is 4. The monoisotopic (exact) mass is 422 g/mol. The summed E-state index contributed by atoms with van der Waals surface area (Å²) in [6.07, 6.45) is 1.81. The zero-order chi connectivity index (χ0) is 21.9. The lowest BCUT2D eigenvalue weighted by Crippen LogP contribution is -2.43. The molecule has 7 nitrogen and oxygen atoms in total. The van der Waals surface area contributed by atoms with E-state index in [9.17, 15) is 14.4 Å². The first-order valence-corrected chi connectivity index (χ1v) is 10.8. The number of nitrogens with one attached hydrogen (secondary N) is 3. The van der Waals surface area contributed by atoms with E-state index >= 15 is 0 Å². The number of rotatable bonds is 8. The maximum atomic E-state index is 12.4. The number of hydrogen-bond donors (Lipinski definition) is 3. The normalized spacial score (nSPS) is 14.6. The number of carbonyl (C=O) groups is 3. The second-order valence-electron chi connectivity index (χ2n) is 7.79. The standard InChI is InChI=1S/C24H30N4O3/c29-22(27-24(31)26-18-20-9-5-2-6-10-20)13-16-28-14-11-21(12-15-28)23(30)25-17-19-7-3-1-4-8-19/h1-10,21H,11-18H2,(H,25,30)(H2,26,27,29,31). The Hall–Kier alpha value is -3.19. The molecule has 2 aromatic rings. The molecule has 164 valence electrons. The van der Waals surface area contributed by atoms with E-state index in [4.69, 9.17) is 0 Å². The van der Waals surface area contributed by atoms with Gasteiger partial charge in [0.05, 0.1) is 0 Å². The first-order valence-electron chi connectivity index (χ1n) is 10.8. The van der Waals surface area contributed by atoms with E-state index in [1.165, 1.54) is 0 Å². The summed E-state index contributed by atoms with van der Waals surface area (Å²) in [4.78, 5) is 38.5. The van der Waals surface area contributed by atoms with Gasteiger partial charge < -0.3 is 15.5 Å². The highest BCUT2D eigenvalue weighted by Gasteiger charge is 2.25. The van der Waals surface area contributed by atoms with Crippen molar-refractivity contribution >= 4 is 17.8 Å². The van der Waals surface area contributed by atoms with E-state index in [1.807, 2.05) is 60.7 Å². The molecule has 0 spiro atoms. The van der Waals surface area contributed by atoms with Crippen LogP contribution in [0.3, 0.4) is 0 Å². The molecular weight excluding hydrogens is 392 g/mol. The first-order chi connectivity index (χ1) is 15.1. The molecule has 0 atom stereocenters. The predicted molar refractivity (Wildman–Crippen MR) is 119 cm³/mol. The predicted octanol–water partition coefficient (Wildman–Crippen LogP) is 2.43. The Kier molecular flexibility index (Phi) is 8.60. The SMILES string of the molecule is O=C(CCN1CCC(C(=O)NCc2ccccc2)CC1)NC(=O)NCc1ccccc1. The van der Waals surface area contributed by atoms with Crippen molar-refractivity contribution in [1.82, 2.24) is 20.9 Å². The van der Waals surface area contributed by atoms with Crippen LogP contribution in [-0.2, 0) is 22.7 Å². The summed E-state index contributed by atoms with van der Waals surface area (Å²) >= 11 is 0. The van der Waals surface area contributed by atoms with E-state index in [-0.39, 0.29) is 24.2 Å². The molecule has 3 rings (SSSR count). The van der Waals surface area contributed by atoms with Crippen molar-refractivity contribution in [2.24, 2.45) is 5.92 Å². The number of benzene rings is 2. The maximum absolute atomic E-state index is 12.4. The number of hydrogen-bond acceptors (Lipinski definition) is 4. The summed E-state index contributed by atoms with van der Waals surface area (Å²) in [5, 5.41) is 8.06. The molecule has 0 unspecified atom stereocenters. The van der Waals surface area contributed by atoms with E-state index in [2.05, 4.69) is 20.9 Å². The molecule has 4 amide bonds. The Bertz CT molecular complexity index is 850. The molecule has 0 aromatic heterocycles. The van der Waals surface area contributed by atoms with Gasteiger partial charge in [0, 0.05) is 32.0 Å². The highest BCUT2D eigenvalue weighted by Crippen LogP contribution is 2.17. The van der Waals surface area contributed by atoms with E-state index in [0.29, 0.717) is 19.6 Å². The maximum Gasteiger partial charge on any atom is 0.321 e. The summed E-state index contributed by atoms with van der Waals surface area (Å²) in [5.74, 6) is -0.192. The highest BCUT2D eigenvalue weighted by molar-refractivity contribution is 5.94. The van der Waals surface area contributed by atoms with E-state index in [1.54, 1.807) is 0 Å². The average Bonchev–Trinajstić information content (AvgIpc) is 2.81. The summed E-state index contributed by atoms with van der Waals surface area (Å²) in [5.41, 5.74) is 2.06. The molecule has 1 aliphatic rings. The van der Waals surface area contributed by atoms with Gasteiger partial charge in [0.2, 0.25) is 11.8 Å². The van der Waals surface area contributed by atoms with Gasteiger partial charge in [0.1, 0.15) is 0 Å². The van der Waals surface area contributed by atoms with Crippen LogP contribution in [0.15, 0.2) is 60.7 Å². The minimum Gasteiger partial charge on any atom is -0.352 e. The molecule has 0 aliphatic carbocycles. The van der Waals surface area contributed by atoms with Crippen molar-refractivity contribution in [2.75, 3.05) is 19.6 Å². The van der Waals surface area contributed by atoms with Crippen molar-refractivity contribution in [3.8, 4) is 0 Å². The summed E-state index contributed by atoms with van der Waals surface area (Å²) in [7, 11) is 0. The van der Waals surface area contributed by atoms with Crippen LogP contribution < -0.4 is 16.0 Å². The Labute approximate surface area is 183 Å². The van der Waals surface area contributed by atoms with Crippen LogP contribution in [0.1, 0.15) is 30.4 Å². The van der Waals surface area contributed by atoms with Crippen molar-refractivity contribution in [3.63, 3.8) is 0 Å². The topological polar surface area (TPSA) is 90.5 Å². The van der Waals surface area contributed by atoms with Crippen LogP contribution in [0.25, 0.3) is 0 Å². The molecule has 0 radical (unpaired) electrons. The smallest absolute Gasteiger partial charge is 0.321 e. The van der Waals surface area contributed by atoms with Gasteiger partial charge in [-0.3, -0.25) is 14.9 Å². The third-order valence-corrected chi connectivity index (χ3v) is 5.47. The molecule has 1 saturated heterocycles. The largest absolute Gasteiger partial charge is 0.352 e. The Morgan fingerprint density at radius 1 is 0.806 bits per heavy atom. The zero-order valence-electron chi connectivity index (χ0n) is 17.7. The molecule has 7 heteroatoms. The van der Waals surface area contributed by atoms with Gasteiger partial charge in [-0.15, -0.1) is 0 Å². The van der Waals surface area contributed by atoms with Gasteiger partial charge in [-0.1, -0.05) is 60.7 Å². The number of piperidine rings is 1. The fraction of sp³-hybridized carbons (Fsp3) is 0.375. The fourth-order valence-electron chi connectivity index (χ4n) is 3.62. The molecule has 0 saturated carbocycles. The van der Waals surface area contributed by atoms with Crippen molar-refractivity contribution in [1.29, 1.82) is 0 Å². The average molecular weight is 423 g/mol. The second kappa shape index (κ2) is 11.9. The third kappa shape index (κ3) is 7.86. The number of nitrogens with zero attached hydrogens (tertiary/aromatic N) is 1. The summed E-state index contributed by atoms with van der Waals surface area (Å²) in [6.45, 7) is 3.05. The van der Waals surface area contributed by atoms with Crippen LogP contribution in [-0.4, -0.2) is 42.4 Å². The lowest BCUT2D eigenvalue weighted by Gasteiger charge is -2.31. The number of likely N-dealkylation sites (tertiary alicyclic amines) is 1. The molecule has 1 heterocycles. The van der Waals surface area contributed by atoms with Gasteiger partial charge in [0.15, 0.2) is 0 Å². The molecule has 1 aliphatic heterocycles. The van der Waals surface area contributed by atoms with E-state index < -0.39 is 6.03 Å². The summed E-state index contributed by atoms with van der Waals surface area (Å²) in [6, 6.07) is 18.9. The lowest BCUT2D eigenvalue weighted by molar-refractivity contribution is -0.127. The third-order valence-electron chi connectivity index (χ3n) is 5.47. The number of imide groups is 1. The second-order valence-corrected chi connectivity index (χ2v) is 7.79. The number of carbonyl (C=O) groups excluding carboxylic acids is 3. The van der Waals surface area contributed by atoms with Gasteiger partial charge in [-0.25, -0.2) is 4.79 Å². The van der Waals surface area contributed by atoms with Crippen LogP contribution in [0.2, 0.25) is 0 Å². The van der Waals surface area contributed by atoms with Gasteiger partial charge in [-0.05, 0) is 37.1 Å². The van der Waals surface area contributed by atoms with Gasteiger partial charge in [0.25, 0.3) is 0 Å². The Morgan fingerprint density at radius 3 is 1.94 bits per heavy atom. The molecule has 31 heavy (non-hydrogen) atoms. The Balaban J connectivity index is 1.28. The summed E-state index contributed by atoms with van der Waals surface area (Å²) < 4.78 is 0. The van der Waals surface area contributed by atoms with Crippen LogP contribution in [0, 0.1) is 5.92 Å². The zero-order valence-corrected chi connectivity index (χ0v) is 17.7. The fourth-order valence-corrected chi connectivity index (χ4v) is 3.62. The quantitative estimate of drug-likeness (QED) is 0.609. The molecular formula is C24H30N4O3. The molecule has 2 aromatic carbocycles. The van der Waals surface area contributed by atoms with Crippen LogP contribution >= 0.6 is 0 Å². The molecule has 1 fully saturated rings. The Morgan fingerprint density at radius 2 is 1.35 bits per heavy atom. The molecule has 3 N–H and O–H groups in total. The minimum atomic E-state index is -0.484. The van der Waals surface area contributed by atoms with E-state index in [0.717, 1.165) is 37.1 Å². The molecule has 0 bridgehead atoms. The highest BCUT2D eigenvalue weighted by atomic mass is 16.2. The van der Waals surface area contributed by atoms with Gasteiger partial charge in [-0.2, -0.15) is 0 Å². The van der Waals surface area contributed by atoms with Crippen molar-refractivity contribution in [3.05, 3.63) is 71.8 Å². The number of urea groups is 1. The van der Waals surface area contributed by atoms with Crippen LogP contribution in [0.5, 0.6) is 0 Å². The van der Waals surface area contributed by atoms with Crippen molar-refractivity contribution < 1.29 is 14.4 Å². The first kappa shape index (κ1) is 22.5.